The Hall–Kier alpha value is -4.54. The van der Waals surface area contributed by atoms with Gasteiger partial charge in [-0.3, -0.25) is 19.7 Å². The molecule has 0 saturated heterocycles. The largest absolute Gasteiger partial charge is 0.461 e. The molecule has 184 valence electrons. The summed E-state index contributed by atoms with van der Waals surface area (Å²) in [6, 6.07) is 13.7. The summed E-state index contributed by atoms with van der Waals surface area (Å²) in [6.07, 6.45) is -0.785. The van der Waals surface area contributed by atoms with Crippen molar-refractivity contribution >= 4 is 28.6 Å². The number of nitrogens with one attached hydrogen (secondary N) is 1. The normalized spacial score (nSPS) is 11.8. The summed E-state index contributed by atoms with van der Waals surface area (Å²) in [5.74, 6) is -2.36. The highest BCUT2D eigenvalue weighted by Crippen LogP contribution is 2.27. The number of amides is 1. The van der Waals surface area contributed by atoms with Crippen molar-refractivity contribution in [2.24, 2.45) is 0 Å². The zero-order chi connectivity index (χ0) is 25.7. The van der Waals surface area contributed by atoms with E-state index in [0.29, 0.717) is 0 Å². The number of hydrogen-bond acceptors (Lipinski definition) is 7. The maximum Gasteiger partial charge on any atom is 0.309 e. The van der Waals surface area contributed by atoms with Crippen LogP contribution in [0, 0.1) is 12.7 Å². The van der Waals surface area contributed by atoms with E-state index < -0.39 is 42.4 Å². The average Bonchev–Trinajstić information content (AvgIpc) is 2.86. The highest BCUT2D eigenvalue weighted by Gasteiger charge is 2.23. The van der Waals surface area contributed by atoms with Gasteiger partial charge in [0.05, 0.1) is 24.2 Å². The first-order valence-corrected chi connectivity index (χ1v) is 10.9. The van der Waals surface area contributed by atoms with E-state index in [1.165, 1.54) is 6.07 Å². The van der Waals surface area contributed by atoms with Crippen LogP contribution in [0.25, 0.3) is 10.8 Å². The minimum atomic E-state index is -1.90. The molecule has 2 heterocycles. The summed E-state index contributed by atoms with van der Waals surface area (Å²) >= 11 is 0. The Bertz CT molecular complexity index is 1460. The summed E-state index contributed by atoms with van der Waals surface area (Å²) in [6.45, 7) is 1.18. The first-order chi connectivity index (χ1) is 17.3. The van der Waals surface area contributed by atoms with Crippen molar-refractivity contribution in [2.75, 3.05) is 5.32 Å². The molecule has 4 aromatic rings. The third-order valence-corrected chi connectivity index (χ3v) is 5.19. The highest BCUT2D eigenvalue weighted by atomic mass is 19.1. The predicted molar refractivity (Wildman–Crippen MR) is 126 cm³/mol. The van der Waals surface area contributed by atoms with Crippen molar-refractivity contribution < 1.29 is 23.1 Å². The molecule has 4 rings (SSSR count). The van der Waals surface area contributed by atoms with Gasteiger partial charge in [-0.05, 0) is 24.6 Å². The predicted octanol–water partition coefficient (Wildman–Crippen LogP) is 3.42. The molecular formula is C25H21F2N5O4. The molecule has 0 saturated carbocycles. The van der Waals surface area contributed by atoms with Gasteiger partial charge in [-0.25, -0.2) is 23.4 Å². The standard InChI is InChI=1S/C25H21F2N5O4/c1-15-7-8-18-19(9-15)23(20(27)10-22(34)36-14-16-5-3-2-4-6-16)31-32(24(18)35)13-21(33)30-25-28-11-17(26)12-29-25/h2-9,11-12,20H,10,13-14H2,1H3,(H,28,29,30,33). The van der Waals surface area contributed by atoms with Crippen molar-refractivity contribution in [2.45, 2.75) is 32.7 Å². The molecule has 0 aliphatic rings. The number of hydrogen-bond donors (Lipinski definition) is 1. The quantitative estimate of drug-likeness (QED) is 0.374. The zero-order valence-electron chi connectivity index (χ0n) is 19.1. The first kappa shape index (κ1) is 24.6. The molecule has 1 N–H and O–H groups in total. The van der Waals surface area contributed by atoms with E-state index in [0.717, 1.165) is 28.2 Å². The molecule has 11 heteroatoms. The number of nitrogens with zero attached hydrogens (tertiary/aromatic N) is 4. The fourth-order valence-electron chi connectivity index (χ4n) is 3.48. The van der Waals surface area contributed by atoms with Crippen LogP contribution in [0.1, 0.15) is 29.4 Å². The van der Waals surface area contributed by atoms with Gasteiger partial charge < -0.3 is 4.74 Å². The maximum atomic E-state index is 15.4. The van der Waals surface area contributed by atoms with Crippen LogP contribution in [0.5, 0.6) is 0 Å². The number of aryl methyl sites for hydroxylation is 1. The highest BCUT2D eigenvalue weighted by molar-refractivity contribution is 5.89. The van der Waals surface area contributed by atoms with Gasteiger partial charge >= 0.3 is 5.97 Å². The Morgan fingerprint density at radius 3 is 2.53 bits per heavy atom. The van der Waals surface area contributed by atoms with E-state index in [4.69, 9.17) is 4.74 Å². The number of aromatic nitrogens is 4. The molecule has 2 aromatic carbocycles. The molecule has 2 aromatic heterocycles. The van der Waals surface area contributed by atoms with Gasteiger partial charge in [-0.1, -0.05) is 42.0 Å². The van der Waals surface area contributed by atoms with Crippen LogP contribution in [-0.4, -0.2) is 31.6 Å². The second-order valence-electron chi connectivity index (χ2n) is 7.99. The van der Waals surface area contributed by atoms with Crippen LogP contribution in [-0.2, 0) is 27.5 Å². The van der Waals surface area contributed by atoms with Crippen molar-refractivity contribution in [3.63, 3.8) is 0 Å². The SMILES string of the molecule is Cc1ccc2c(=O)n(CC(=O)Nc3ncc(F)cn3)nc(C(F)CC(=O)OCc3ccccc3)c2c1. The van der Waals surface area contributed by atoms with Gasteiger partial charge in [-0.15, -0.1) is 0 Å². The molecule has 0 spiro atoms. The number of rotatable bonds is 8. The molecule has 9 nitrogen and oxygen atoms in total. The number of benzene rings is 2. The molecule has 0 aliphatic carbocycles. The number of anilines is 1. The van der Waals surface area contributed by atoms with Crippen LogP contribution < -0.4 is 10.9 Å². The van der Waals surface area contributed by atoms with E-state index in [-0.39, 0.29) is 29.0 Å². The number of fused-ring (bicyclic) bond motifs is 1. The summed E-state index contributed by atoms with van der Waals surface area (Å²) in [5.41, 5.74) is 0.719. The summed E-state index contributed by atoms with van der Waals surface area (Å²) in [4.78, 5) is 44.9. The Kier molecular flexibility index (Phi) is 7.38. The number of carbonyl (C=O) groups is 2. The summed E-state index contributed by atoms with van der Waals surface area (Å²) in [7, 11) is 0. The zero-order valence-corrected chi connectivity index (χ0v) is 19.1. The van der Waals surface area contributed by atoms with Crippen LogP contribution in [0.4, 0.5) is 14.7 Å². The molecule has 0 aliphatic heterocycles. The number of halogens is 2. The van der Waals surface area contributed by atoms with Crippen molar-refractivity contribution in [3.8, 4) is 0 Å². The number of carbonyl (C=O) groups excluding carboxylic acids is 2. The van der Waals surface area contributed by atoms with Crippen LogP contribution in [0.2, 0.25) is 0 Å². The van der Waals surface area contributed by atoms with E-state index in [2.05, 4.69) is 20.4 Å². The molecule has 1 unspecified atom stereocenters. The Morgan fingerprint density at radius 2 is 1.81 bits per heavy atom. The lowest BCUT2D eigenvalue weighted by Gasteiger charge is -2.14. The van der Waals surface area contributed by atoms with Crippen LogP contribution in [0.15, 0.2) is 65.7 Å². The van der Waals surface area contributed by atoms with Crippen molar-refractivity contribution in [1.29, 1.82) is 0 Å². The van der Waals surface area contributed by atoms with Gasteiger partial charge in [0.1, 0.15) is 18.8 Å². The van der Waals surface area contributed by atoms with Crippen LogP contribution in [0.3, 0.4) is 0 Å². The van der Waals surface area contributed by atoms with E-state index >= 15 is 4.39 Å². The first-order valence-electron chi connectivity index (χ1n) is 10.9. The van der Waals surface area contributed by atoms with Crippen molar-refractivity contribution in [3.05, 3.63) is 93.9 Å². The second-order valence-corrected chi connectivity index (χ2v) is 7.99. The van der Waals surface area contributed by atoms with Gasteiger partial charge in [0.15, 0.2) is 12.0 Å². The second kappa shape index (κ2) is 10.8. The number of ether oxygens (including phenoxy) is 1. The van der Waals surface area contributed by atoms with E-state index in [9.17, 15) is 18.8 Å². The van der Waals surface area contributed by atoms with Gasteiger partial charge in [-0.2, -0.15) is 5.10 Å². The lowest BCUT2D eigenvalue weighted by atomic mass is 10.0. The number of alkyl halides is 1. The Labute approximate surface area is 203 Å². The Balaban J connectivity index is 1.56. The van der Waals surface area contributed by atoms with E-state index in [1.807, 2.05) is 6.07 Å². The van der Waals surface area contributed by atoms with Crippen LogP contribution >= 0.6 is 0 Å². The lowest BCUT2D eigenvalue weighted by molar-refractivity contribution is -0.146. The molecule has 0 radical (unpaired) electrons. The number of esters is 1. The topological polar surface area (TPSA) is 116 Å². The van der Waals surface area contributed by atoms with Gasteiger partial charge in [0, 0.05) is 5.39 Å². The fraction of sp³-hybridized carbons (Fsp3) is 0.200. The molecular weight excluding hydrogens is 472 g/mol. The van der Waals surface area contributed by atoms with E-state index in [1.54, 1.807) is 43.3 Å². The molecule has 0 bridgehead atoms. The molecule has 1 amide bonds. The van der Waals surface area contributed by atoms with Crippen molar-refractivity contribution in [1.82, 2.24) is 19.7 Å². The molecule has 36 heavy (non-hydrogen) atoms. The lowest BCUT2D eigenvalue weighted by Crippen LogP contribution is -2.31. The molecule has 1 atom stereocenters. The maximum absolute atomic E-state index is 15.4. The Morgan fingerprint density at radius 1 is 1.08 bits per heavy atom. The third-order valence-electron chi connectivity index (χ3n) is 5.19. The minimum absolute atomic E-state index is 0.00912. The monoisotopic (exact) mass is 493 g/mol. The van der Waals surface area contributed by atoms with Gasteiger partial charge in [0.2, 0.25) is 11.9 Å². The smallest absolute Gasteiger partial charge is 0.309 e. The fourth-order valence-corrected chi connectivity index (χ4v) is 3.48. The molecule has 0 fully saturated rings. The summed E-state index contributed by atoms with van der Waals surface area (Å²) in [5, 5.41) is 6.76. The minimum Gasteiger partial charge on any atom is -0.461 e. The average molecular weight is 493 g/mol. The van der Waals surface area contributed by atoms with Gasteiger partial charge in [0.25, 0.3) is 5.56 Å². The summed E-state index contributed by atoms with van der Waals surface area (Å²) < 4.78 is 34.3. The third kappa shape index (κ3) is 5.93.